The molecule has 1 aliphatic rings. The molecule has 1 aliphatic heterocycles. The SMILES string of the molecule is CC.CN(C)c1cc2c(Nc3ccc4c(c3)N(C)CS4)ccnc2cc1OCC(O)CO. The van der Waals surface area contributed by atoms with Crippen molar-refractivity contribution in [3.63, 3.8) is 0 Å². The molecule has 172 valence electrons. The van der Waals surface area contributed by atoms with Crippen LogP contribution in [0.5, 0.6) is 5.75 Å². The smallest absolute Gasteiger partial charge is 0.144 e. The number of hydrogen-bond donors (Lipinski definition) is 3. The number of pyridine rings is 1. The molecule has 2 aromatic carbocycles. The highest BCUT2D eigenvalue weighted by Crippen LogP contribution is 2.40. The Hall–Kier alpha value is -2.68. The molecule has 0 fully saturated rings. The van der Waals surface area contributed by atoms with Crippen LogP contribution in [0.2, 0.25) is 0 Å². The second-order valence-corrected chi connectivity index (χ2v) is 8.50. The average Bonchev–Trinajstić information content (AvgIpc) is 3.18. The highest BCUT2D eigenvalue weighted by molar-refractivity contribution is 7.99. The summed E-state index contributed by atoms with van der Waals surface area (Å²) in [6, 6.07) is 12.3. The maximum Gasteiger partial charge on any atom is 0.144 e. The van der Waals surface area contributed by atoms with Crippen molar-refractivity contribution in [3.05, 3.63) is 42.6 Å². The fourth-order valence-corrected chi connectivity index (χ4v) is 4.38. The maximum atomic E-state index is 9.64. The van der Waals surface area contributed by atoms with Gasteiger partial charge in [0.25, 0.3) is 0 Å². The molecular formula is C24H32N4O3S. The van der Waals surface area contributed by atoms with E-state index in [0.717, 1.165) is 33.8 Å². The van der Waals surface area contributed by atoms with Crippen LogP contribution in [0.1, 0.15) is 13.8 Å². The lowest BCUT2D eigenvalue weighted by Crippen LogP contribution is -2.22. The third kappa shape index (κ3) is 5.20. The monoisotopic (exact) mass is 456 g/mol. The van der Waals surface area contributed by atoms with Gasteiger partial charge in [0.15, 0.2) is 0 Å². The zero-order valence-electron chi connectivity index (χ0n) is 19.3. The first-order valence-electron chi connectivity index (χ1n) is 10.7. The number of hydrogen-bond acceptors (Lipinski definition) is 8. The van der Waals surface area contributed by atoms with Crippen LogP contribution in [0.4, 0.5) is 22.7 Å². The van der Waals surface area contributed by atoms with Crippen molar-refractivity contribution in [2.24, 2.45) is 0 Å². The number of ether oxygens (including phenoxy) is 1. The van der Waals surface area contributed by atoms with Crippen LogP contribution < -0.4 is 19.9 Å². The van der Waals surface area contributed by atoms with Gasteiger partial charge in [-0.25, -0.2) is 0 Å². The fraction of sp³-hybridized carbons (Fsp3) is 0.375. The summed E-state index contributed by atoms with van der Waals surface area (Å²) < 4.78 is 5.76. The Morgan fingerprint density at radius 1 is 1.22 bits per heavy atom. The molecular weight excluding hydrogens is 424 g/mol. The van der Waals surface area contributed by atoms with Gasteiger partial charge in [-0.15, -0.1) is 11.8 Å². The minimum Gasteiger partial charge on any atom is -0.489 e. The summed E-state index contributed by atoms with van der Waals surface area (Å²) >= 11 is 1.84. The van der Waals surface area contributed by atoms with Crippen LogP contribution in [-0.4, -0.2) is 61.5 Å². The zero-order valence-corrected chi connectivity index (χ0v) is 20.1. The van der Waals surface area contributed by atoms with E-state index in [9.17, 15) is 5.11 Å². The number of aliphatic hydroxyl groups is 2. The molecule has 0 aliphatic carbocycles. The number of fused-ring (bicyclic) bond motifs is 2. The number of nitrogens with one attached hydrogen (secondary N) is 1. The molecule has 7 nitrogen and oxygen atoms in total. The van der Waals surface area contributed by atoms with E-state index in [1.54, 1.807) is 6.20 Å². The van der Waals surface area contributed by atoms with Gasteiger partial charge in [0.05, 0.1) is 29.4 Å². The molecule has 0 saturated carbocycles. The summed E-state index contributed by atoms with van der Waals surface area (Å²) in [6.07, 6.45) is 0.842. The largest absolute Gasteiger partial charge is 0.489 e. The number of benzene rings is 2. The Morgan fingerprint density at radius 2 is 2.00 bits per heavy atom. The summed E-state index contributed by atoms with van der Waals surface area (Å²) in [5.41, 5.74) is 4.86. The number of thioether (sulfide) groups is 1. The first kappa shape index (κ1) is 24.0. The Bertz CT molecular complexity index is 1060. The molecule has 0 amide bonds. The van der Waals surface area contributed by atoms with E-state index < -0.39 is 6.10 Å². The van der Waals surface area contributed by atoms with E-state index in [2.05, 4.69) is 40.4 Å². The molecule has 1 aromatic heterocycles. The Morgan fingerprint density at radius 3 is 2.72 bits per heavy atom. The minimum atomic E-state index is -0.923. The fourth-order valence-electron chi connectivity index (χ4n) is 3.38. The highest BCUT2D eigenvalue weighted by Gasteiger charge is 2.17. The highest BCUT2D eigenvalue weighted by atomic mass is 32.2. The van der Waals surface area contributed by atoms with Crippen molar-refractivity contribution in [1.82, 2.24) is 4.98 Å². The van der Waals surface area contributed by atoms with Gasteiger partial charge in [-0.05, 0) is 30.3 Å². The van der Waals surface area contributed by atoms with Crippen LogP contribution >= 0.6 is 11.8 Å². The van der Waals surface area contributed by atoms with E-state index in [0.29, 0.717) is 5.75 Å². The molecule has 8 heteroatoms. The molecule has 32 heavy (non-hydrogen) atoms. The van der Waals surface area contributed by atoms with Gasteiger partial charge >= 0.3 is 0 Å². The van der Waals surface area contributed by atoms with Gasteiger partial charge in [0, 0.05) is 55.1 Å². The first-order valence-corrected chi connectivity index (χ1v) is 11.7. The van der Waals surface area contributed by atoms with Crippen molar-refractivity contribution in [1.29, 1.82) is 0 Å². The lowest BCUT2D eigenvalue weighted by molar-refractivity contribution is 0.0538. The van der Waals surface area contributed by atoms with E-state index >= 15 is 0 Å². The van der Waals surface area contributed by atoms with Crippen molar-refractivity contribution in [2.45, 2.75) is 24.8 Å². The molecule has 1 unspecified atom stereocenters. The van der Waals surface area contributed by atoms with Gasteiger partial charge in [0.1, 0.15) is 18.5 Å². The zero-order chi connectivity index (χ0) is 23.3. The lowest BCUT2D eigenvalue weighted by atomic mass is 10.1. The molecule has 4 rings (SSSR count). The summed E-state index contributed by atoms with van der Waals surface area (Å²) in [4.78, 5) is 9.99. The van der Waals surface area contributed by atoms with Crippen molar-refractivity contribution in [2.75, 3.05) is 55.4 Å². The van der Waals surface area contributed by atoms with Gasteiger partial charge in [-0.2, -0.15) is 0 Å². The van der Waals surface area contributed by atoms with Gasteiger partial charge < -0.3 is 30.1 Å². The van der Waals surface area contributed by atoms with Crippen molar-refractivity contribution in [3.8, 4) is 5.75 Å². The normalized spacial score (nSPS) is 13.3. The van der Waals surface area contributed by atoms with E-state index in [1.807, 2.05) is 62.8 Å². The van der Waals surface area contributed by atoms with Crippen molar-refractivity contribution >= 4 is 45.4 Å². The third-order valence-electron chi connectivity index (χ3n) is 5.01. The molecule has 0 radical (unpaired) electrons. The van der Waals surface area contributed by atoms with Crippen molar-refractivity contribution < 1.29 is 14.9 Å². The van der Waals surface area contributed by atoms with Gasteiger partial charge in [0.2, 0.25) is 0 Å². The predicted octanol–water partition coefficient (Wildman–Crippen LogP) is 4.30. The Labute approximate surface area is 194 Å². The second-order valence-electron chi connectivity index (χ2n) is 7.52. The lowest BCUT2D eigenvalue weighted by Gasteiger charge is -2.21. The quantitative estimate of drug-likeness (QED) is 0.486. The molecule has 1 atom stereocenters. The number of nitrogens with zero attached hydrogens (tertiary/aromatic N) is 3. The summed E-state index contributed by atoms with van der Waals surface area (Å²) in [7, 11) is 5.98. The minimum absolute atomic E-state index is 0.0153. The van der Waals surface area contributed by atoms with Crippen LogP contribution in [0.3, 0.4) is 0 Å². The van der Waals surface area contributed by atoms with E-state index in [1.165, 1.54) is 10.6 Å². The first-order chi connectivity index (χ1) is 15.5. The molecule has 0 spiro atoms. The summed E-state index contributed by atoms with van der Waals surface area (Å²) in [5.74, 6) is 1.58. The van der Waals surface area contributed by atoms with Crippen LogP contribution in [0.25, 0.3) is 10.9 Å². The number of aliphatic hydroxyl groups excluding tert-OH is 2. The van der Waals surface area contributed by atoms with E-state index in [-0.39, 0.29) is 13.2 Å². The predicted molar refractivity (Wildman–Crippen MR) is 135 cm³/mol. The molecule has 0 saturated heterocycles. The summed E-state index contributed by atoms with van der Waals surface area (Å²) in [5, 5.41) is 23.2. The maximum absolute atomic E-state index is 9.64. The molecule has 2 heterocycles. The Balaban J connectivity index is 0.00000141. The molecule has 0 bridgehead atoms. The van der Waals surface area contributed by atoms with Gasteiger partial charge in [-0.3, -0.25) is 4.98 Å². The van der Waals surface area contributed by atoms with Crippen LogP contribution in [-0.2, 0) is 0 Å². The van der Waals surface area contributed by atoms with Gasteiger partial charge in [-0.1, -0.05) is 13.8 Å². The third-order valence-corrected chi connectivity index (χ3v) is 6.18. The number of anilines is 4. The van der Waals surface area contributed by atoms with Crippen LogP contribution in [0, 0.1) is 0 Å². The number of aromatic nitrogens is 1. The molecule has 3 N–H and O–H groups in total. The van der Waals surface area contributed by atoms with Crippen LogP contribution in [0.15, 0.2) is 47.5 Å². The van der Waals surface area contributed by atoms with E-state index in [4.69, 9.17) is 9.84 Å². The molecule has 3 aromatic rings. The standard InChI is InChI=1S/C22H26N4O3S.C2H6/c1-25(2)19-9-16-17(24-14-4-5-22-20(8-14)26(3)13-30-22)6-7-23-18(16)10-21(19)29-12-15(28)11-27;1-2/h4-10,15,27-28H,11-13H2,1-3H3,(H,23,24);1-2H3. The summed E-state index contributed by atoms with van der Waals surface area (Å²) in [6.45, 7) is 3.67. The topological polar surface area (TPSA) is 81.1 Å². The average molecular weight is 457 g/mol. The second kappa shape index (κ2) is 10.8. The Kier molecular flexibility index (Phi) is 8.06. The number of rotatable bonds is 7.